The molecule has 0 aromatic rings. The van der Waals surface area contributed by atoms with Crippen LogP contribution in [0.2, 0.25) is 0 Å². The predicted octanol–water partition coefficient (Wildman–Crippen LogP) is 0.249. The average Bonchev–Trinajstić information content (AvgIpc) is 1.84. The first-order valence-corrected chi connectivity index (χ1v) is 3.75. The minimum atomic E-state index is 0.125. The summed E-state index contributed by atoms with van der Waals surface area (Å²) in [5.74, 6) is 0.125. The van der Waals surface area contributed by atoms with Crippen molar-refractivity contribution in [1.29, 1.82) is 5.26 Å². The summed E-state index contributed by atoms with van der Waals surface area (Å²) in [4.78, 5) is 4.08. The van der Waals surface area contributed by atoms with Gasteiger partial charge in [0.1, 0.15) is 0 Å². The summed E-state index contributed by atoms with van der Waals surface area (Å²) >= 11 is 0. The van der Waals surface area contributed by atoms with Crippen LogP contribution in [-0.2, 0) is 0 Å². The molecule has 0 saturated carbocycles. The van der Waals surface area contributed by atoms with Crippen LogP contribution in [0.4, 0.5) is 0 Å². The number of hydrogen-bond acceptors (Lipinski definition) is 3. The highest BCUT2D eigenvalue weighted by Gasteiger charge is 2.08. The molecule has 0 rings (SSSR count). The Morgan fingerprint density at radius 3 is 1.64 bits per heavy atom. The van der Waals surface area contributed by atoms with Crippen molar-refractivity contribution in [3.05, 3.63) is 0 Å². The smallest absolute Gasteiger partial charge is 0.0716 e. The molecule has 0 heterocycles. The molecule has 0 radical (unpaired) electrons. The van der Waals surface area contributed by atoms with E-state index in [2.05, 4.69) is 6.07 Å². The van der Waals surface area contributed by atoms with Gasteiger partial charge < -0.3 is 9.80 Å². The number of rotatable bonds is 4. The molecule has 11 heavy (non-hydrogen) atoms. The van der Waals surface area contributed by atoms with Crippen LogP contribution < -0.4 is 0 Å². The van der Waals surface area contributed by atoms with Gasteiger partial charge in [-0.05, 0) is 28.2 Å². The SMILES string of the molecule is CN(C)CC(C#N)CN(C)C. The van der Waals surface area contributed by atoms with Crippen molar-refractivity contribution in [2.75, 3.05) is 41.3 Å². The van der Waals surface area contributed by atoms with E-state index >= 15 is 0 Å². The summed E-state index contributed by atoms with van der Waals surface area (Å²) in [6, 6.07) is 2.28. The summed E-state index contributed by atoms with van der Waals surface area (Å²) < 4.78 is 0. The van der Waals surface area contributed by atoms with E-state index in [0.717, 1.165) is 13.1 Å². The maximum atomic E-state index is 8.72. The topological polar surface area (TPSA) is 30.3 Å². The van der Waals surface area contributed by atoms with Crippen molar-refractivity contribution in [3.63, 3.8) is 0 Å². The Hall–Kier alpha value is -0.590. The van der Waals surface area contributed by atoms with Gasteiger partial charge in [-0.1, -0.05) is 0 Å². The third-order valence-corrected chi connectivity index (χ3v) is 1.35. The molecule has 0 amide bonds. The molecule has 0 bridgehead atoms. The average molecular weight is 155 g/mol. The van der Waals surface area contributed by atoms with Crippen molar-refractivity contribution in [1.82, 2.24) is 9.80 Å². The van der Waals surface area contributed by atoms with Crippen LogP contribution in [0.15, 0.2) is 0 Å². The lowest BCUT2D eigenvalue weighted by molar-refractivity contribution is 0.297. The number of nitriles is 1. The molecule has 0 spiro atoms. The van der Waals surface area contributed by atoms with Gasteiger partial charge in [0.2, 0.25) is 0 Å². The molecule has 0 N–H and O–H groups in total. The van der Waals surface area contributed by atoms with Gasteiger partial charge in [-0.2, -0.15) is 5.26 Å². The van der Waals surface area contributed by atoms with E-state index in [1.54, 1.807) is 0 Å². The molecule has 0 unspecified atom stereocenters. The van der Waals surface area contributed by atoms with Gasteiger partial charge in [-0.25, -0.2) is 0 Å². The highest BCUT2D eigenvalue weighted by Crippen LogP contribution is 1.97. The second kappa shape index (κ2) is 5.11. The predicted molar refractivity (Wildman–Crippen MR) is 46.2 cm³/mol. The fourth-order valence-corrected chi connectivity index (χ4v) is 1.02. The van der Waals surface area contributed by atoms with E-state index in [9.17, 15) is 0 Å². The molecule has 0 aliphatic heterocycles. The molecule has 0 fully saturated rings. The van der Waals surface area contributed by atoms with E-state index in [1.165, 1.54) is 0 Å². The standard InChI is InChI=1S/C8H17N3/c1-10(2)6-8(5-9)7-11(3)4/h8H,6-7H2,1-4H3. The van der Waals surface area contributed by atoms with Crippen LogP contribution in [0, 0.1) is 17.2 Å². The van der Waals surface area contributed by atoms with Gasteiger partial charge in [0.25, 0.3) is 0 Å². The van der Waals surface area contributed by atoms with Crippen LogP contribution >= 0.6 is 0 Å². The quantitative estimate of drug-likeness (QED) is 0.583. The minimum Gasteiger partial charge on any atom is -0.308 e. The molecular weight excluding hydrogens is 138 g/mol. The molecule has 0 aromatic heterocycles. The molecule has 3 nitrogen and oxygen atoms in total. The lowest BCUT2D eigenvalue weighted by Crippen LogP contribution is -2.29. The molecule has 0 aromatic carbocycles. The molecule has 64 valence electrons. The maximum absolute atomic E-state index is 8.72. The second-order valence-electron chi connectivity index (χ2n) is 3.35. The lowest BCUT2D eigenvalue weighted by atomic mass is 10.1. The van der Waals surface area contributed by atoms with E-state index in [4.69, 9.17) is 5.26 Å². The Balaban J connectivity index is 3.70. The molecule has 0 aliphatic carbocycles. The van der Waals surface area contributed by atoms with E-state index in [0.29, 0.717) is 0 Å². The third kappa shape index (κ3) is 5.84. The number of nitrogens with zero attached hydrogens (tertiary/aromatic N) is 3. The molecule has 0 atom stereocenters. The normalized spacial score (nSPS) is 11.1. The van der Waals surface area contributed by atoms with Crippen LogP contribution in [0.25, 0.3) is 0 Å². The summed E-state index contributed by atoms with van der Waals surface area (Å²) in [5.41, 5.74) is 0. The summed E-state index contributed by atoms with van der Waals surface area (Å²) in [6.45, 7) is 1.68. The van der Waals surface area contributed by atoms with Crippen LogP contribution in [0.3, 0.4) is 0 Å². The van der Waals surface area contributed by atoms with Gasteiger partial charge in [0.15, 0.2) is 0 Å². The third-order valence-electron chi connectivity index (χ3n) is 1.35. The van der Waals surface area contributed by atoms with Crippen molar-refractivity contribution in [2.24, 2.45) is 5.92 Å². The van der Waals surface area contributed by atoms with Gasteiger partial charge in [-0.15, -0.1) is 0 Å². The maximum Gasteiger partial charge on any atom is 0.0716 e. The van der Waals surface area contributed by atoms with Crippen molar-refractivity contribution in [2.45, 2.75) is 0 Å². The van der Waals surface area contributed by atoms with Crippen molar-refractivity contribution < 1.29 is 0 Å². The first-order valence-electron chi connectivity index (χ1n) is 3.75. The summed E-state index contributed by atoms with van der Waals surface area (Å²) in [7, 11) is 7.94. The largest absolute Gasteiger partial charge is 0.308 e. The summed E-state index contributed by atoms with van der Waals surface area (Å²) in [6.07, 6.45) is 0. The zero-order valence-corrected chi connectivity index (χ0v) is 7.83. The Morgan fingerprint density at radius 1 is 1.09 bits per heavy atom. The van der Waals surface area contributed by atoms with Gasteiger partial charge >= 0.3 is 0 Å². The Morgan fingerprint density at radius 2 is 1.45 bits per heavy atom. The zero-order valence-electron chi connectivity index (χ0n) is 7.83. The van der Waals surface area contributed by atoms with E-state index < -0.39 is 0 Å². The monoisotopic (exact) mass is 155 g/mol. The Labute approximate surface area is 69.2 Å². The number of hydrogen-bond donors (Lipinski definition) is 0. The fourth-order valence-electron chi connectivity index (χ4n) is 1.02. The van der Waals surface area contributed by atoms with Crippen LogP contribution in [-0.4, -0.2) is 51.1 Å². The Bertz CT molecular complexity index is 125. The van der Waals surface area contributed by atoms with Gasteiger partial charge in [0.05, 0.1) is 12.0 Å². The molecule has 0 saturated heterocycles. The highest BCUT2D eigenvalue weighted by molar-refractivity contribution is 4.85. The zero-order chi connectivity index (χ0) is 8.85. The fraction of sp³-hybridized carbons (Fsp3) is 0.875. The van der Waals surface area contributed by atoms with Crippen molar-refractivity contribution in [3.8, 4) is 6.07 Å². The van der Waals surface area contributed by atoms with Crippen LogP contribution in [0.1, 0.15) is 0 Å². The van der Waals surface area contributed by atoms with E-state index in [-0.39, 0.29) is 5.92 Å². The molecule has 0 aliphatic rings. The minimum absolute atomic E-state index is 0.125. The highest BCUT2D eigenvalue weighted by atomic mass is 15.1. The molecular formula is C8H17N3. The first-order chi connectivity index (χ1) is 5.06. The van der Waals surface area contributed by atoms with Crippen molar-refractivity contribution >= 4 is 0 Å². The first kappa shape index (κ1) is 10.4. The van der Waals surface area contributed by atoms with E-state index in [1.807, 2.05) is 38.0 Å². The van der Waals surface area contributed by atoms with Crippen LogP contribution in [0.5, 0.6) is 0 Å². The van der Waals surface area contributed by atoms with Gasteiger partial charge in [-0.3, -0.25) is 0 Å². The summed E-state index contributed by atoms with van der Waals surface area (Å²) in [5, 5.41) is 8.72. The molecule has 3 heteroatoms. The Kier molecular flexibility index (Phi) is 4.84. The lowest BCUT2D eigenvalue weighted by Gasteiger charge is -2.18. The second-order valence-corrected chi connectivity index (χ2v) is 3.35. The van der Waals surface area contributed by atoms with Gasteiger partial charge in [0, 0.05) is 13.1 Å².